The normalized spacial score (nSPS) is 13.8. The number of carbonyl (C=O) groups excluding carboxylic acids is 1. The first-order valence-corrected chi connectivity index (χ1v) is 9.02. The van der Waals surface area contributed by atoms with Crippen LogP contribution in [-0.4, -0.2) is 43.6 Å². The molecule has 0 atom stereocenters. The van der Waals surface area contributed by atoms with Crippen molar-refractivity contribution in [2.24, 2.45) is 0 Å². The second-order valence-electron chi connectivity index (χ2n) is 6.43. The van der Waals surface area contributed by atoms with Gasteiger partial charge in [0.05, 0.1) is 37.1 Å². The van der Waals surface area contributed by atoms with Gasteiger partial charge in [0.2, 0.25) is 5.91 Å². The number of imidazole rings is 1. The van der Waals surface area contributed by atoms with Gasteiger partial charge in [-0.3, -0.25) is 14.8 Å². The quantitative estimate of drug-likeness (QED) is 0.735. The van der Waals surface area contributed by atoms with Gasteiger partial charge < -0.3 is 14.6 Å². The van der Waals surface area contributed by atoms with E-state index in [-0.39, 0.29) is 12.5 Å². The molecule has 0 spiro atoms. The molecule has 3 aromatic heterocycles. The molecule has 4 heterocycles. The molecule has 1 aliphatic heterocycles. The molecule has 8 nitrogen and oxygen atoms in total. The third kappa shape index (κ3) is 3.96. The minimum Gasteiger partial charge on any atom is -0.377 e. The number of ether oxygens (including phenoxy) is 1. The fourth-order valence-corrected chi connectivity index (χ4v) is 3.06. The van der Waals surface area contributed by atoms with E-state index in [2.05, 4.69) is 25.3 Å². The lowest BCUT2D eigenvalue weighted by Gasteiger charge is -2.13. The highest BCUT2D eigenvalue weighted by molar-refractivity contribution is 5.89. The number of rotatable bonds is 5. The average molecular weight is 376 g/mol. The molecule has 0 unspecified atom stereocenters. The summed E-state index contributed by atoms with van der Waals surface area (Å²) in [7, 11) is 0. The summed E-state index contributed by atoms with van der Waals surface area (Å²) in [6, 6.07) is 3.60. The maximum absolute atomic E-state index is 12.4. The van der Waals surface area contributed by atoms with Crippen LogP contribution in [0.4, 0.5) is 5.82 Å². The summed E-state index contributed by atoms with van der Waals surface area (Å²) in [5.41, 5.74) is 4.64. The average Bonchev–Trinajstić information content (AvgIpc) is 3.10. The predicted molar refractivity (Wildman–Crippen MR) is 104 cm³/mol. The van der Waals surface area contributed by atoms with Crippen LogP contribution in [0, 0.1) is 6.92 Å². The first kappa shape index (κ1) is 18.0. The summed E-state index contributed by atoms with van der Waals surface area (Å²) in [5.74, 6) is 0.329. The summed E-state index contributed by atoms with van der Waals surface area (Å²) < 4.78 is 7.19. The fraction of sp³-hybridized carbons (Fsp3) is 0.250. The van der Waals surface area contributed by atoms with Crippen molar-refractivity contribution in [3.05, 3.63) is 60.7 Å². The minimum atomic E-state index is -0.159. The van der Waals surface area contributed by atoms with Gasteiger partial charge in [0.15, 0.2) is 0 Å². The highest BCUT2D eigenvalue weighted by atomic mass is 16.5. The van der Waals surface area contributed by atoms with Crippen LogP contribution in [0.3, 0.4) is 0 Å². The standard InChI is InChI=1S/C20H20N6O2/c1-14-20(15-4-8-28-9-5-15)24-13-26(14)12-19(27)25-18-3-2-16(10-23-18)17-11-21-6-7-22-17/h2-4,6-7,10-11,13H,5,8-9,12H2,1H3,(H,23,25,27). The summed E-state index contributed by atoms with van der Waals surface area (Å²) in [5, 5.41) is 2.82. The van der Waals surface area contributed by atoms with Crippen molar-refractivity contribution in [3.8, 4) is 11.3 Å². The molecule has 1 N–H and O–H groups in total. The number of hydrogen-bond donors (Lipinski definition) is 1. The van der Waals surface area contributed by atoms with Crippen molar-refractivity contribution in [2.45, 2.75) is 19.9 Å². The maximum Gasteiger partial charge on any atom is 0.245 e. The molecular formula is C20H20N6O2. The zero-order chi connectivity index (χ0) is 19.3. The molecule has 0 radical (unpaired) electrons. The first-order valence-electron chi connectivity index (χ1n) is 9.02. The van der Waals surface area contributed by atoms with Crippen LogP contribution in [0.5, 0.6) is 0 Å². The maximum atomic E-state index is 12.4. The van der Waals surface area contributed by atoms with Crippen molar-refractivity contribution >= 4 is 17.3 Å². The van der Waals surface area contributed by atoms with E-state index in [0.29, 0.717) is 19.0 Å². The molecule has 0 bridgehead atoms. The van der Waals surface area contributed by atoms with Gasteiger partial charge in [-0.2, -0.15) is 0 Å². The second-order valence-corrected chi connectivity index (χ2v) is 6.43. The number of amides is 1. The molecular weight excluding hydrogens is 356 g/mol. The zero-order valence-corrected chi connectivity index (χ0v) is 15.5. The van der Waals surface area contributed by atoms with Crippen molar-refractivity contribution in [1.29, 1.82) is 0 Å². The Kier molecular flexibility index (Phi) is 5.20. The van der Waals surface area contributed by atoms with Gasteiger partial charge in [-0.15, -0.1) is 0 Å². The molecule has 28 heavy (non-hydrogen) atoms. The summed E-state index contributed by atoms with van der Waals surface area (Å²) in [6.45, 7) is 3.46. The highest BCUT2D eigenvalue weighted by Gasteiger charge is 2.15. The van der Waals surface area contributed by atoms with E-state index in [1.54, 1.807) is 37.2 Å². The topological polar surface area (TPSA) is 94.8 Å². The van der Waals surface area contributed by atoms with Crippen LogP contribution < -0.4 is 5.32 Å². The molecule has 0 saturated heterocycles. The first-order chi connectivity index (χ1) is 13.7. The molecule has 0 saturated carbocycles. The Bertz CT molecular complexity index is 995. The minimum absolute atomic E-state index is 0.159. The van der Waals surface area contributed by atoms with E-state index in [1.165, 1.54) is 5.57 Å². The van der Waals surface area contributed by atoms with Crippen LogP contribution in [0.2, 0.25) is 0 Å². The van der Waals surface area contributed by atoms with Crippen LogP contribution in [0.1, 0.15) is 17.8 Å². The lowest BCUT2D eigenvalue weighted by molar-refractivity contribution is -0.116. The van der Waals surface area contributed by atoms with Gasteiger partial charge in [-0.1, -0.05) is 6.08 Å². The Balaban J connectivity index is 1.41. The summed E-state index contributed by atoms with van der Waals surface area (Å²) in [6.07, 6.45) is 11.2. The van der Waals surface area contributed by atoms with Gasteiger partial charge >= 0.3 is 0 Å². The number of carbonyl (C=O) groups is 1. The number of anilines is 1. The third-order valence-corrected chi connectivity index (χ3v) is 4.57. The molecule has 4 rings (SSSR count). The number of hydrogen-bond acceptors (Lipinski definition) is 6. The van der Waals surface area contributed by atoms with Gasteiger partial charge in [-0.05, 0) is 31.1 Å². The van der Waals surface area contributed by atoms with Crippen molar-refractivity contribution in [2.75, 3.05) is 18.5 Å². The molecule has 0 fully saturated rings. The summed E-state index contributed by atoms with van der Waals surface area (Å²) in [4.78, 5) is 29.5. The number of pyridine rings is 1. The van der Waals surface area contributed by atoms with E-state index in [4.69, 9.17) is 4.74 Å². The molecule has 0 aromatic carbocycles. The van der Waals surface area contributed by atoms with E-state index in [1.807, 2.05) is 23.6 Å². The van der Waals surface area contributed by atoms with E-state index in [0.717, 1.165) is 29.1 Å². The molecule has 1 aliphatic rings. The van der Waals surface area contributed by atoms with Crippen LogP contribution in [-0.2, 0) is 16.1 Å². The smallest absolute Gasteiger partial charge is 0.245 e. The second kappa shape index (κ2) is 8.10. The molecule has 1 amide bonds. The zero-order valence-electron chi connectivity index (χ0n) is 15.5. The van der Waals surface area contributed by atoms with E-state index < -0.39 is 0 Å². The predicted octanol–water partition coefficient (Wildman–Crippen LogP) is 2.49. The Hall–Kier alpha value is -3.39. The molecule has 3 aromatic rings. The van der Waals surface area contributed by atoms with Gasteiger partial charge in [0.25, 0.3) is 0 Å². The van der Waals surface area contributed by atoms with E-state index in [9.17, 15) is 4.79 Å². The summed E-state index contributed by atoms with van der Waals surface area (Å²) >= 11 is 0. The fourth-order valence-electron chi connectivity index (χ4n) is 3.06. The Morgan fingerprint density at radius 3 is 2.86 bits per heavy atom. The Labute approximate surface area is 162 Å². The highest BCUT2D eigenvalue weighted by Crippen LogP contribution is 2.23. The van der Waals surface area contributed by atoms with Crippen LogP contribution in [0.15, 0.2) is 49.3 Å². The van der Waals surface area contributed by atoms with Crippen molar-refractivity contribution < 1.29 is 9.53 Å². The molecule has 142 valence electrons. The lowest BCUT2D eigenvalue weighted by Crippen LogP contribution is -2.19. The largest absolute Gasteiger partial charge is 0.377 e. The number of nitrogens with zero attached hydrogens (tertiary/aromatic N) is 5. The SMILES string of the molecule is Cc1c(C2=CCOCC2)ncn1CC(=O)Nc1ccc(-c2cnccn2)cn1. The van der Waals surface area contributed by atoms with Crippen LogP contribution in [0.25, 0.3) is 16.8 Å². The van der Waals surface area contributed by atoms with Gasteiger partial charge in [-0.25, -0.2) is 9.97 Å². The van der Waals surface area contributed by atoms with Crippen molar-refractivity contribution in [1.82, 2.24) is 24.5 Å². The lowest BCUT2D eigenvalue weighted by atomic mass is 10.1. The van der Waals surface area contributed by atoms with Crippen molar-refractivity contribution in [3.63, 3.8) is 0 Å². The monoisotopic (exact) mass is 376 g/mol. The van der Waals surface area contributed by atoms with Gasteiger partial charge in [0.1, 0.15) is 12.4 Å². The van der Waals surface area contributed by atoms with E-state index >= 15 is 0 Å². The molecule has 0 aliphatic carbocycles. The van der Waals surface area contributed by atoms with Gasteiger partial charge in [0, 0.05) is 29.8 Å². The van der Waals surface area contributed by atoms with Crippen LogP contribution >= 0.6 is 0 Å². The third-order valence-electron chi connectivity index (χ3n) is 4.57. The number of aromatic nitrogens is 5. The Morgan fingerprint density at radius 2 is 2.14 bits per heavy atom. The number of nitrogens with one attached hydrogen (secondary N) is 1. The molecule has 8 heteroatoms. The Morgan fingerprint density at radius 1 is 1.21 bits per heavy atom.